The zero-order chi connectivity index (χ0) is 9.38. The molecular weight excluding hydrogens is 210 g/mol. The van der Waals surface area contributed by atoms with Crippen LogP contribution in [-0.4, -0.2) is 16.0 Å². The maximum absolute atomic E-state index is 4.26. The molecule has 1 aromatic heterocycles. The number of hydrogen-bond donors (Lipinski definition) is 1. The first kappa shape index (κ1) is 10.2. The summed E-state index contributed by atoms with van der Waals surface area (Å²) in [7, 11) is 0. The predicted octanol–water partition coefficient (Wildman–Crippen LogP) is 2.63. The number of anilines is 1. The number of benzene rings is 1. The van der Waals surface area contributed by atoms with Crippen molar-refractivity contribution >= 4 is 29.1 Å². The number of para-hydroxylation sites is 1. The Labute approximate surface area is 94.3 Å². The van der Waals surface area contributed by atoms with Crippen LogP contribution >= 0.6 is 12.4 Å². The van der Waals surface area contributed by atoms with Gasteiger partial charge in [0, 0.05) is 11.4 Å². The third-order valence-corrected chi connectivity index (χ3v) is 2.46. The molecule has 15 heavy (non-hydrogen) atoms. The third-order valence-electron chi connectivity index (χ3n) is 2.46. The Hall–Kier alpha value is -1.35. The van der Waals surface area contributed by atoms with Crippen LogP contribution in [-0.2, 0) is 0 Å². The van der Waals surface area contributed by atoms with Crippen molar-refractivity contribution in [2.75, 3.05) is 5.32 Å². The van der Waals surface area contributed by atoms with Gasteiger partial charge in [-0.3, -0.25) is 0 Å². The van der Waals surface area contributed by atoms with Gasteiger partial charge >= 0.3 is 0 Å². The lowest BCUT2D eigenvalue weighted by atomic mass is 10.2. The number of rotatable bonds is 2. The van der Waals surface area contributed by atoms with Gasteiger partial charge in [-0.05, 0) is 25.0 Å². The van der Waals surface area contributed by atoms with Crippen molar-refractivity contribution < 1.29 is 0 Å². The van der Waals surface area contributed by atoms with Crippen LogP contribution in [0.2, 0.25) is 0 Å². The Morgan fingerprint density at radius 3 is 2.73 bits per heavy atom. The molecule has 1 heterocycles. The summed E-state index contributed by atoms with van der Waals surface area (Å²) in [4.78, 5) is 8.48. The first-order chi connectivity index (χ1) is 6.93. The summed E-state index contributed by atoms with van der Waals surface area (Å²) in [6, 6.07) is 8.71. The first-order valence-electron chi connectivity index (χ1n) is 4.90. The lowest BCUT2D eigenvalue weighted by molar-refractivity contribution is 1.10. The van der Waals surface area contributed by atoms with Gasteiger partial charge in [0.15, 0.2) is 0 Å². The molecule has 3 rings (SSSR count). The largest absolute Gasteiger partial charge is 0.367 e. The van der Waals surface area contributed by atoms with Crippen molar-refractivity contribution in [2.24, 2.45) is 0 Å². The molecule has 0 aliphatic heterocycles. The topological polar surface area (TPSA) is 37.8 Å². The minimum Gasteiger partial charge on any atom is -0.367 e. The standard InChI is InChI=1S/C11H11N3.ClH/c1-2-4-10-9(3-1)11(13-7-12-10)14-8-5-6-8;/h1-4,7-8H,5-6H2,(H,12,13,14);1H. The minimum absolute atomic E-state index is 0. The Balaban J connectivity index is 0.000000853. The van der Waals surface area contributed by atoms with E-state index in [9.17, 15) is 0 Å². The van der Waals surface area contributed by atoms with E-state index in [1.165, 1.54) is 12.8 Å². The van der Waals surface area contributed by atoms with E-state index in [4.69, 9.17) is 0 Å². The second-order valence-electron chi connectivity index (χ2n) is 3.66. The molecule has 3 nitrogen and oxygen atoms in total. The Kier molecular flexibility index (Phi) is 2.73. The molecule has 0 bridgehead atoms. The summed E-state index contributed by atoms with van der Waals surface area (Å²) in [5.74, 6) is 0.970. The second kappa shape index (κ2) is 4.03. The highest BCUT2D eigenvalue weighted by molar-refractivity contribution is 5.88. The van der Waals surface area contributed by atoms with E-state index in [0.717, 1.165) is 16.7 Å². The van der Waals surface area contributed by atoms with Gasteiger partial charge in [0.25, 0.3) is 0 Å². The predicted molar refractivity (Wildman–Crippen MR) is 63.4 cm³/mol. The smallest absolute Gasteiger partial charge is 0.137 e. The molecule has 1 saturated carbocycles. The van der Waals surface area contributed by atoms with E-state index in [2.05, 4.69) is 21.4 Å². The van der Waals surface area contributed by atoms with Crippen LogP contribution in [0.5, 0.6) is 0 Å². The first-order valence-corrected chi connectivity index (χ1v) is 4.90. The van der Waals surface area contributed by atoms with Gasteiger partial charge in [-0.2, -0.15) is 0 Å². The SMILES string of the molecule is Cl.c1ccc2c(NC3CC3)ncnc2c1. The zero-order valence-corrected chi connectivity index (χ0v) is 9.00. The molecule has 1 aromatic carbocycles. The van der Waals surface area contributed by atoms with Gasteiger partial charge in [0.05, 0.1) is 5.52 Å². The highest BCUT2D eigenvalue weighted by atomic mass is 35.5. The molecule has 2 aromatic rings. The molecule has 1 N–H and O–H groups in total. The van der Waals surface area contributed by atoms with Gasteiger partial charge in [-0.25, -0.2) is 9.97 Å². The summed E-state index contributed by atoms with van der Waals surface area (Å²) < 4.78 is 0. The van der Waals surface area contributed by atoms with Gasteiger partial charge in [0.1, 0.15) is 12.1 Å². The minimum atomic E-state index is 0. The van der Waals surface area contributed by atoms with Crippen molar-refractivity contribution in [2.45, 2.75) is 18.9 Å². The Morgan fingerprint density at radius 1 is 1.13 bits per heavy atom. The van der Waals surface area contributed by atoms with E-state index in [1.807, 2.05) is 18.2 Å². The molecule has 1 fully saturated rings. The summed E-state index contributed by atoms with van der Waals surface area (Å²) in [5, 5.41) is 4.52. The fourth-order valence-corrected chi connectivity index (χ4v) is 1.54. The highest BCUT2D eigenvalue weighted by Crippen LogP contribution is 2.26. The van der Waals surface area contributed by atoms with Crippen molar-refractivity contribution in [1.29, 1.82) is 0 Å². The average molecular weight is 222 g/mol. The molecule has 1 aliphatic rings. The second-order valence-corrected chi connectivity index (χ2v) is 3.66. The third kappa shape index (κ3) is 2.02. The molecule has 0 unspecified atom stereocenters. The summed E-state index contributed by atoms with van der Waals surface area (Å²) in [5.41, 5.74) is 1.01. The molecule has 4 heteroatoms. The van der Waals surface area contributed by atoms with Crippen molar-refractivity contribution in [1.82, 2.24) is 9.97 Å². The Bertz CT molecular complexity index is 463. The molecular formula is C11H12ClN3. The normalized spacial score (nSPS) is 14.7. The molecule has 0 radical (unpaired) electrons. The maximum Gasteiger partial charge on any atom is 0.137 e. The number of hydrogen-bond acceptors (Lipinski definition) is 3. The van der Waals surface area contributed by atoms with Gasteiger partial charge in [-0.15, -0.1) is 12.4 Å². The molecule has 0 saturated heterocycles. The lowest BCUT2D eigenvalue weighted by Crippen LogP contribution is -2.03. The lowest BCUT2D eigenvalue weighted by Gasteiger charge is -2.05. The number of nitrogens with one attached hydrogen (secondary N) is 1. The van der Waals surface area contributed by atoms with Crippen LogP contribution in [0.4, 0.5) is 5.82 Å². The van der Waals surface area contributed by atoms with E-state index < -0.39 is 0 Å². The van der Waals surface area contributed by atoms with Crippen LogP contribution in [0, 0.1) is 0 Å². The monoisotopic (exact) mass is 221 g/mol. The molecule has 0 amide bonds. The summed E-state index contributed by atoms with van der Waals surface area (Å²) >= 11 is 0. The van der Waals surface area contributed by atoms with Crippen LogP contribution in [0.3, 0.4) is 0 Å². The summed E-state index contributed by atoms with van der Waals surface area (Å²) in [6.07, 6.45) is 4.14. The fourth-order valence-electron chi connectivity index (χ4n) is 1.54. The number of nitrogens with zero attached hydrogens (tertiary/aromatic N) is 2. The molecule has 0 spiro atoms. The summed E-state index contributed by atoms with van der Waals surface area (Å²) in [6.45, 7) is 0. The van der Waals surface area contributed by atoms with Crippen molar-refractivity contribution in [3.8, 4) is 0 Å². The Morgan fingerprint density at radius 2 is 1.93 bits per heavy atom. The maximum atomic E-state index is 4.26. The molecule has 1 aliphatic carbocycles. The van der Waals surface area contributed by atoms with E-state index in [1.54, 1.807) is 6.33 Å². The van der Waals surface area contributed by atoms with Crippen LogP contribution in [0.1, 0.15) is 12.8 Å². The fraction of sp³-hybridized carbons (Fsp3) is 0.273. The van der Waals surface area contributed by atoms with E-state index >= 15 is 0 Å². The number of halogens is 1. The van der Waals surface area contributed by atoms with Gasteiger partial charge in [-0.1, -0.05) is 12.1 Å². The van der Waals surface area contributed by atoms with Crippen LogP contribution in [0.25, 0.3) is 10.9 Å². The molecule has 0 atom stereocenters. The van der Waals surface area contributed by atoms with E-state index in [0.29, 0.717) is 6.04 Å². The highest BCUT2D eigenvalue weighted by Gasteiger charge is 2.21. The van der Waals surface area contributed by atoms with Crippen LogP contribution in [0.15, 0.2) is 30.6 Å². The number of fused-ring (bicyclic) bond motifs is 1. The van der Waals surface area contributed by atoms with Gasteiger partial charge in [0.2, 0.25) is 0 Å². The average Bonchev–Trinajstić information content (AvgIpc) is 3.03. The van der Waals surface area contributed by atoms with E-state index in [-0.39, 0.29) is 12.4 Å². The zero-order valence-electron chi connectivity index (χ0n) is 8.18. The quantitative estimate of drug-likeness (QED) is 0.847. The number of aromatic nitrogens is 2. The van der Waals surface area contributed by atoms with Gasteiger partial charge < -0.3 is 5.32 Å². The molecule has 78 valence electrons. The van der Waals surface area contributed by atoms with Crippen molar-refractivity contribution in [3.63, 3.8) is 0 Å². The van der Waals surface area contributed by atoms with Crippen LogP contribution < -0.4 is 5.32 Å². The van der Waals surface area contributed by atoms with Crippen molar-refractivity contribution in [3.05, 3.63) is 30.6 Å².